The molecule has 5 nitrogen and oxygen atoms in total. The number of carbonyl (C=O) groups excluding carboxylic acids is 1. The van der Waals surface area contributed by atoms with Crippen LogP contribution in [0.3, 0.4) is 0 Å². The zero-order valence-electron chi connectivity index (χ0n) is 16.0. The van der Waals surface area contributed by atoms with Crippen molar-refractivity contribution in [3.8, 4) is 16.9 Å². The van der Waals surface area contributed by atoms with Gasteiger partial charge in [-0.1, -0.05) is 36.4 Å². The fraction of sp³-hybridized carbons (Fsp3) is 0.130. The second kappa shape index (κ2) is 7.19. The zero-order chi connectivity index (χ0) is 19.7. The molecule has 2 N–H and O–H groups in total. The standard InChI is InChI=1S/C23H21N3O2/c1-14-8-9-16(12-15(14)2)17-10-11-18-20(13-17)25-26-22(18)24-23(27)19-6-4-5-7-21(19)28-3/h4-13H,1-3H3,(H2,24,25,26,27). The number of H-pyrrole nitrogens is 1. The van der Waals surface area contributed by atoms with Crippen LogP contribution in [0, 0.1) is 13.8 Å². The van der Waals surface area contributed by atoms with E-state index >= 15 is 0 Å². The lowest BCUT2D eigenvalue weighted by Crippen LogP contribution is -2.13. The highest BCUT2D eigenvalue weighted by Crippen LogP contribution is 2.29. The maximum atomic E-state index is 12.6. The van der Waals surface area contributed by atoms with E-state index in [1.54, 1.807) is 25.3 Å². The van der Waals surface area contributed by atoms with Gasteiger partial charge in [0.15, 0.2) is 5.82 Å². The van der Waals surface area contributed by atoms with Crippen LogP contribution in [0.2, 0.25) is 0 Å². The Hall–Kier alpha value is -3.60. The number of hydrogen-bond acceptors (Lipinski definition) is 3. The van der Waals surface area contributed by atoms with E-state index in [-0.39, 0.29) is 5.91 Å². The zero-order valence-corrected chi connectivity index (χ0v) is 16.0. The third-order valence-corrected chi connectivity index (χ3v) is 4.99. The Balaban J connectivity index is 1.65. The van der Waals surface area contributed by atoms with Gasteiger partial charge in [0.2, 0.25) is 0 Å². The summed E-state index contributed by atoms with van der Waals surface area (Å²) in [6.07, 6.45) is 0. The van der Waals surface area contributed by atoms with Crippen molar-refractivity contribution in [3.05, 3.63) is 77.4 Å². The minimum absolute atomic E-state index is 0.260. The van der Waals surface area contributed by atoms with Crippen LogP contribution in [0.4, 0.5) is 5.82 Å². The summed E-state index contributed by atoms with van der Waals surface area (Å²) >= 11 is 0. The Kier molecular flexibility index (Phi) is 4.57. The van der Waals surface area contributed by atoms with Crippen molar-refractivity contribution in [3.63, 3.8) is 0 Å². The number of aromatic amines is 1. The van der Waals surface area contributed by atoms with Crippen LogP contribution in [-0.2, 0) is 0 Å². The van der Waals surface area contributed by atoms with E-state index in [0.29, 0.717) is 17.1 Å². The number of amides is 1. The summed E-state index contributed by atoms with van der Waals surface area (Å²) in [5, 5.41) is 11.0. The number of benzene rings is 3. The highest BCUT2D eigenvalue weighted by molar-refractivity contribution is 6.09. The fourth-order valence-corrected chi connectivity index (χ4v) is 3.22. The van der Waals surface area contributed by atoms with Gasteiger partial charge in [0.05, 0.1) is 18.2 Å². The average Bonchev–Trinajstić information content (AvgIpc) is 3.12. The number of methoxy groups -OCH3 is 1. The number of hydrogen-bond donors (Lipinski definition) is 2. The summed E-state index contributed by atoms with van der Waals surface area (Å²) in [5.41, 5.74) is 6.11. The van der Waals surface area contributed by atoms with Gasteiger partial charge in [-0.15, -0.1) is 0 Å². The van der Waals surface area contributed by atoms with Gasteiger partial charge in [-0.05, 0) is 60.4 Å². The lowest BCUT2D eigenvalue weighted by Gasteiger charge is -2.08. The van der Waals surface area contributed by atoms with Crippen LogP contribution in [0.25, 0.3) is 22.0 Å². The van der Waals surface area contributed by atoms with Crippen LogP contribution in [0.15, 0.2) is 60.7 Å². The molecule has 4 rings (SSSR count). The first-order valence-electron chi connectivity index (χ1n) is 9.07. The van der Waals surface area contributed by atoms with Crippen molar-refractivity contribution < 1.29 is 9.53 Å². The van der Waals surface area contributed by atoms with E-state index in [0.717, 1.165) is 22.0 Å². The van der Waals surface area contributed by atoms with Crippen LogP contribution in [0.1, 0.15) is 21.5 Å². The average molecular weight is 371 g/mol. The van der Waals surface area contributed by atoms with E-state index in [9.17, 15) is 4.79 Å². The van der Waals surface area contributed by atoms with Gasteiger partial charge >= 0.3 is 0 Å². The molecule has 0 bridgehead atoms. The molecule has 0 saturated heterocycles. The first kappa shape index (κ1) is 17.8. The Labute approximate surface area is 163 Å². The van der Waals surface area contributed by atoms with Crippen molar-refractivity contribution in [2.45, 2.75) is 13.8 Å². The van der Waals surface area contributed by atoms with Crippen LogP contribution < -0.4 is 10.1 Å². The number of aryl methyl sites for hydroxylation is 2. The number of para-hydroxylation sites is 1. The molecule has 140 valence electrons. The SMILES string of the molecule is COc1ccccc1C(=O)Nc1n[nH]c2cc(-c3ccc(C)c(C)c3)ccc12. The Morgan fingerprint density at radius 1 is 0.964 bits per heavy atom. The summed E-state index contributed by atoms with van der Waals surface area (Å²) in [7, 11) is 1.55. The lowest BCUT2D eigenvalue weighted by molar-refractivity contribution is 0.102. The summed E-state index contributed by atoms with van der Waals surface area (Å²) < 4.78 is 5.27. The maximum absolute atomic E-state index is 12.6. The molecule has 0 saturated carbocycles. The number of nitrogens with one attached hydrogen (secondary N) is 2. The fourth-order valence-electron chi connectivity index (χ4n) is 3.22. The van der Waals surface area contributed by atoms with Gasteiger partial charge in [-0.3, -0.25) is 9.89 Å². The molecule has 1 aromatic heterocycles. The third kappa shape index (κ3) is 3.22. The number of fused-ring (bicyclic) bond motifs is 1. The van der Waals surface area contributed by atoms with Crippen molar-refractivity contribution in [2.75, 3.05) is 12.4 Å². The van der Waals surface area contributed by atoms with Crippen molar-refractivity contribution in [1.29, 1.82) is 0 Å². The molecule has 0 radical (unpaired) electrons. The van der Waals surface area contributed by atoms with Crippen LogP contribution >= 0.6 is 0 Å². The predicted octanol–water partition coefficient (Wildman–Crippen LogP) is 5.11. The molecule has 1 heterocycles. The number of anilines is 1. The lowest BCUT2D eigenvalue weighted by atomic mass is 10.00. The second-order valence-corrected chi connectivity index (χ2v) is 6.79. The number of ether oxygens (including phenoxy) is 1. The smallest absolute Gasteiger partial charge is 0.260 e. The Bertz CT molecular complexity index is 1180. The van der Waals surface area contributed by atoms with E-state index in [2.05, 4.69) is 47.6 Å². The third-order valence-electron chi connectivity index (χ3n) is 4.99. The van der Waals surface area contributed by atoms with E-state index in [1.165, 1.54) is 11.1 Å². The predicted molar refractivity (Wildman–Crippen MR) is 112 cm³/mol. The number of rotatable bonds is 4. The molecule has 0 fully saturated rings. The second-order valence-electron chi connectivity index (χ2n) is 6.79. The monoisotopic (exact) mass is 371 g/mol. The van der Waals surface area contributed by atoms with E-state index in [4.69, 9.17) is 4.74 Å². The summed E-state index contributed by atoms with van der Waals surface area (Å²) in [6, 6.07) is 19.6. The molecule has 0 spiro atoms. The van der Waals surface area contributed by atoms with Gasteiger partial charge in [0.1, 0.15) is 5.75 Å². The first-order chi connectivity index (χ1) is 13.6. The topological polar surface area (TPSA) is 67.0 Å². The van der Waals surface area contributed by atoms with Gasteiger partial charge in [-0.2, -0.15) is 5.10 Å². The highest BCUT2D eigenvalue weighted by atomic mass is 16.5. The molecular formula is C23H21N3O2. The molecule has 0 aliphatic carbocycles. The van der Waals surface area contributed by atoms with Crippen molar-refractivity contribution in [1.82, 2.24) is 10.2 Å². The Morgan fingerprint density at radius 3 is 2.50 bits per heavy atom. The van der Waals surface area contributed by atoms with Gasteiger partial charge in [-0.25, -0.2) is 0 Å². The van der Waals surface area contributed by atoms with Gasteiger partial charge in [0.25, 0.3) is 5.91 Å². The van der Waals surface area contributed by atoms with E-state index in [1.807, 2.05) is 24.3 Å². The molecule has 0 aliphatic rings. The molecule has 0 unspecified atom stereocenters. The molecule has 1 amide bonds. The maximum Gasteiger partial charge on any atom is 0.260 e. The van der Waals surface area contributed by atoms with Gasteiger partial charge < -0.3 is 10.1 Å². The number of aromatic nitrogens is 2. The molecule has 0 aliphatic heterocycles. The summed E-state index contributed by atoms with van der Waals surface area (Å²) in [4.78, 5) is 12.6. The number of nitrogens with zero attached hydrogens (tertiary/aromatic N) is 1. The minimum atomic E-state index is -0.260. The van der Waals surface area contributed by atoms with Crippen LogP contribution in [-0.4, -0.2) is 23.2 Å². The molecule has 4 aromatic rings. The molecule has 28 heavy (non-hydrogen) atoms. The summed E-state index contributed by atoms with van der Waals surface area (Å²) in [5.74, 6) is 0.762. The van der Waals surface area contributed by atoms with E-state index < -0.39 is 0 Å². The molecular weight excluding hydrogens is 350 g/mol. The first-order valence-corrected chi connectivity index (χ1v) is 9.07. The van der Waals surface area contributed by atoms with Crippen molar-refractivity contribution >= 4 is 22.6 Å². The molecule has 3 aromatic carbocycles. The highest BCUT2D eigenvalue weighted by Gasteiger charge is 2.15. The van der Waals surface area contributed by atoms with Gasteiger partial charge in [0, 0.05) is 5.39 Å². The Morgan fingerprint density at radius 2 is 1.71 bits per heavy atom. The van der Waals surface area contributed by atoms with Crippen molar-refractivity contribution in [2.24, 2.45) is 0 Å². The number of carbonyl (C=O) groups is 1. The quantitative estimate of drug-likeness (QED) is 0.524. The minimum Gasteiger partial charge on any atom is -0.496 e. The molecule has 5 heteroatoms. The summed E-state index contributed by atoms with van der Waals surface area (Å²) in [6.45, 7) is 4.22. The largest absolute Gasteiger partial charge is 0.496 e. The molecule has 0 atom stereocenters. The van der Waals surface area contributed by atoms with Crippen LogP contribution in [0.5, 0.6) is 5.75 Å². The normalized spacial score (nSPS) is 10.8.